The van der Waals surface area contributed by atoms with Crippen LogP contribution in [-0.4, -0.2) is 5.78 Å². The van der Waals surface area contributed by atoms with Gasteiger partial charge in [-0.1, -0.05) is 12.5 Å². The molecule has 1 nitrogen and oxygen atoms in total. The van der Waals surface area contributed by atoms with E-state index in [-0.39, 0.29) is 5.92 Å². The summed E-state index contributed by atoms with van der Waals surface area (Å²) in [4.78, 5) is 11.5. The van der Waals surface area contributed by atoms with Crippen LogP contribution in [-0.2, 0) is 4.79 Å². The van der Waals surface area contributed by atoms with Crippen LogP contribution in [0.1, 0.15) is 39.5 Å². The first kappa shape index (κ1) is 9.50. The molecule has 2 atom stereocenters. The van der Waals surface area contributed by atoms with Crippen molar-refractivity contribution in [2.75, 3.05) is 0 Å². The van der Waals surface area contributed by atoms with Crippen molar-refractivity contribution in [2.24, 2.45) is 11.8 Å². The second-order valence-electron chi connectivity index (χ2n) is 4.10. The van der Waals surface area contributed by atoms with Gasteiger partial charge < -0.3 is 0 Å². The maximum atomic E-state index is 11.5. The summed E-state index contributed by atoms with van der Waals surface area (Å²) in [7, 11) is 0. The topological polar surface area (TPSA) is 17.1 Å². The first-order valence-electron chi connectivity index (χ1n) is 4.78. The van der Waals surface area contributed by atoms with E-state index >= 15 is 0 Å². The fourth-order valence-electron chi connectivity index (χ4n) is 1.99. The zero-order valence-electron chi connectivity index (χ0n) is 8.10. The molecule has 0 saturated heterocycles. The monoisotopic (exact) mass is 166 g/mol. The van der Waals surface area contributed by atoms with Gasteiger partial charge in [-0.2, -0.15) is 0 Å². The highest BCUT2D eigenvalue weighted by Gasteiger charge is 2.28. The molecule has 0 radical (unpaired) electrons. The highest BCUT2D eigenvalue weighted by atomic mass is 16.1. The van der Waals surface area contributed by atoms with Crippen LogP contribution >= 0.6 is 0 Å². The summed E-state index contributed by atoms with van der Waals surface area (Å²) < 4.78 is 0. The minimum absolute atomic E-state index is 0.274. The molecular formula is C11H18O. The summed E-state index contributed by atoms with van der Waals surface area (Å²) in [6.07, 6.45) is 4.00. The maximum Gasteiger partial charge on any atom is 0.136 e. The standard InChI is InChI=1S/C11H18O/c1-8(2)7-10-9(3)5-4-6-11(10)12/h9-10H,1,4-7H2,2-3H3/t9-,10-/m0/s1. The molecule has 1 aliphatic rings. The largest absolute Gasteiger partial charge is 0.299 e. The molecule has 0 aliphatic heterocycles. The van der Waals surface area contributed by atoms with Gasteiger partial charge in [-0.05, 0) is 32.1 Å². The fraction of sp³-hybridized carbons (Fsp3) is 0.727. The predicted molar refractivity (Wildman–Crippen MR) is 50.9 cm³/mol. The molecule has 0 aromatic carbocycles. The van der Waals surface area contributed by atoms with E-state index in [4.69, 9.17) is 0 Å². The van der Waals surface area contributed by atoms with Gasteiger partial charge >= 0.3 is 0 Å². The Morgan fingerprint density at radius 2 is 2.33 bits per heavy atom. The van der Waals surface area contributed by atoms with E-state index in [0.29, 0.717) is 11.7 Å². The van der Waals surface area contributed by atoms with Crippen LogP contribution in [0.2, 0.25) is 0 Å². The van der Waals surface area contributed by atoms with Crippen molar-refractivity contribution in [1.29, 1.82) is 0 Å². The third-order valence-corrected chi connectivity index (χ3v) is 2.75. The molecule has 0 unspecified atom stereocenters. The first-order chi connectivity index (χ1) is 5.61. The molecule has 0 N–H and O–H groups in total. The predicted octanol–water partition coefficient (Wildman–Crippen LogP) is 2.96. The number of carbonyl (C=O) groups is 1. The van der Waals surface area contributed by atoms with Crippen molar-refractivity contribution in [3.05, 3.63) is 12.2 Å². The van der Waals surface area contributed by atoms with Gasteiger partial charge in [0.1, 0.15) is 5.78 Å². The van der Waals surface area contributed by atoms with Gasteiger partial charge in [0.2, 0.25) is 0 Å². The van der Waals surface area contributed by atoms with E-state index < -0.39 is 0 Å². The zero-order chi connectivity index (χ0) is 9.14. The molecule has 0 heterocycles. The van der Waals surface area contributed by atoms with E-state index in [1.54, 1.807) is 0 Å². The van der Waals surface area contributed by atoms with E-state index in [0.717, 1.165) is 24.8 Å². The molecule has 68 valence electrons. The summed E-state index contributed by atoms with van der Waals surface area (Å²) >= 11 is 0. The van der Waals surface area contributed by atoms with Crippen LogP contribution in [0, 0.1) is 11.8 Å². The molecule has 12 heavy (non-hydrogen) atoms. The van der Waals surface area contributed by atoms with Gasteiger partial charge in [-0.15, -0.1) is 6.58 Å². The summed E-state index contributed by atoms with van der Waals surface area (Å²) in [6, 6.07) is 0. The SMILES string of the molecule is C=C(C)C[C@@H]1C(=O)CCC[C@@H]1C. The molecule has 0 spiro atoms. The maximum absolute atomic E-state index is 11.5. The average molecular weight is 166 g/mol. The van der Waals surface area contributed by atoms with Gasteiger partial charge in [0, 0.05) is 12.3 Å². The van der Waals surface area contributed by atoms with Crippen LogP contribution in [0.25, 0.3) is 0 Å². The summed E-state index contributed by atoms with van der Waals surface area (Å²) in [5.41, 5.74) is 1.14. The van der Waals surface area contributed by atoms with Gasteiger partial charge in [0.15, 0.2) is 0 Å². The van der Waals surface area contributed by atoms with Gasteiger partial charge in [0.25, 0.3) is 0 Å². The van der Waals surface area contributed by atoms with Crippen molar-refractivity contribution in [3.63, 3.8) is 0 Å². The fourth-order valence-corrected chi connectivity index (χ4v) is 1.99. The van der Waals surface area contributed by atoms with E-state index in [1.165, 1.54) is 6.42 Å². The lowest BCUT2D eigenvalue weighted by Gasteiger charge is -2.27. The Bertz CT molecular complexity index is 193. The smallest absolute Gasteiger partial charge is 0.136 e. The minimum Gasteiger partial charge on any atom is -0.299 e. The molecule has 1 rings (SSSR count). The normalized spacial score (nSPS) is 30.3. The van der Waals surface area contributed by atoms with Gasteiger partial charge in [-0.3, -0.25) is 4.79 Å². The second-order valence-corrected chi connectivity index (χ2v) is 4.10. The number of hydrogen-bond acceptors (Lipinski definition) is 1. The molecule has 0 bridgehead atoms. The average Bonchev–Trinajstić information content (AvgIpc) is 1.97. The molecule has 0 amide bonds. The molecule has 1 fully saturated rings. The number of Topliss-reactive ketones (excluding diaryl/α,β-unsaturated/α-hetero) is 1. The number of ketones is 1. The van der Waals surface area contributed by atoms with Crippen LogP contribution in [0.5, 0.6) is 0 Å². The van der Waals surface area contributed by atoms with Crippen molar-refractivity contribution in [2.45, 2.75) is 39.5 Å². The summed E-state index contributed by atoms with van der Waals surface area (Å²) in [6.45, 7) is 8.06. The first-order valence-corrected chi connectivity index (χ1v) is 4.78. The summed E-state index contributed by atoms with van der Waals surface area (Å²) in [5.74, 6) is 1.30. The summed E-state index contributed by atoms with van der Waals surface area (Å²) in [5, 5.41) is 0. The molecule has 0 aromatic heterocycles. The lowest BCUT2D eigenvalue weighted by atomic mass is 9.76. The quantitative estimate of drug-likeness (QED) is 0.576. The Labute approximate surface area is 74.9 Å². The minimum atomic E-state index is 0.274. The third kappa shape index (κ3) is 2.20. The van der Waals surface area contributed by atoms with Crippen LogP contribution < -0.4 is 0 Å². The Hall–Kier alpha value is -0.590. The number of allylic oxidation sites excluding steroid dienone is 1. The van der Waals surface area contributed by atoms with E-state index in [1.807, 2.05) is 6.92 Å². The van der Waals surface area contributed by atoms with Crippen molar-refractivity contribution >= 4 is 5.78 Å². The molecule has 1 saturated carbocycles. The Balaban J connectivity index is 2.57. The van der Waals surface area contributed by atoms with Gasteiger partial charge in [0.05, 0.1) is 0 Å². The van der Waals surface area contributed by atoms with Crippen molar-refractivity contribution < 1.29 is 4.79 Å². The zero-order valence-corrected chi connectivity index (χ0v) is 8.10. The van der Waals surface area contributed by atoms with Gasteiger partial charge in [-0.25, -0.2) is 0 Å². The molecule has 1 heteroatoms. The lowest BCUT2D eigenvalue weighted by Crippen LogP contribution is -2.26. The lowest BCUT2D eigenvalue weighted by molar-refractivity contribution is -0.126. The number of rotatable bonds is 2. The van der Waals surface area contributed by atoms with Crippen LogP contribution in [0.3, 0.4) is 0 Å². The van der Waals surface area contributed by atoms with E-state index in [9.17, 15) is 4.79 Å². The highest BCUT2D eigenvalue weighted by molar-refractivity contribution is 5.82. The third-order valence-electron chi connectivity index (χ3n) is 2.75. The second kappa shape index (κ2) is 3.88. The Morgan fingerprint density at radius 3 is 2.83 bits per heavy atom. The van der Waals surface area contributed by atoms with Crippen molar-refractivity contribution in [1.82, 2.24) is 0 Å². The molecule has 0 aromatic rings. The number of hydrogen-bond donors (Lipinski definition) is 0. The molecule has 1 aliphatic carbocycles. The van der Waals surface area contributed by atoms with Crippen LogP contribution in [0.4, 0.5) is 0 Å². The van der Waals surface area contributed by atoms with Crippen molar-refractivity contribution in [3.8, 4) is 0 Å². The number of carbonyl (C=O) groups excluding carboxylic acids is 1. The molecular weight excluding hydrogens is 148 g/mol. The Kier molecular flexibility index (Phi) is 3.07. The van der Waals surface area contributed by atoms with E-state index in [2.05, 4.69) is 13.5 Å². The Morgan fingerprint density at radius 1 is 1.67 bits per heavy atom. The highest BCUT2D eigenvalue weighted by Crippen LogP contribution is 2.30. The van der Waals surface area contributed by atoms with Crippen LogP contribution in [0.15, 0.2) is 12.2 Å².